The Balaban J connectivity index is -0.000000107. The van der Waals surface area contributed by atoms with Crippen LogP contribution in [0.2, 0.25) is 6.04 Å². The van der Waals surface area contributed by atoms with Gasteiger partial charge in [0.05, 0.1) is 0 Å². The number of halogens is 3. The first-order chi connectivity index (χ1) is 4.35. The van der Waals surface area contributed by atoms with Gasteiger partial charge in [-0.2, -0.15) is 0 Å². The monoisotopic (exact) mass is 204 g/mol. The van der Waals surface area contributed by atoms with Gasteiger partial charge in [0.2, 0.25) is 0 Å². The molecule has 0 heterocycles. The quantitative estimate of drug-likeness (QED) is 0.603. The molecule has 0 aliphatic rings. The van der Waals surface area contributed by atoms with E-state index in [1.54, 1.807) is 0 Å². The lowest BCUT2D eigenvalue weighted by Crippen LogP contribution is -1.96. The van der Waals surface area contributed by atoms with E-state index in [4.69, 9.17) is 0 Å². The van der Waals surface area contributed by atoms with E-state index in [1.807, 2.05) is 0 Å². The highest BCUT2D eigenvalue weighted by Crippen LogP contribution is 2.14. The van der Waals surface area contributed by atoms with Crippen molar-refractivity contribution in [1.29, 1.82) is 0 Å². The minimum atomic E-state index is 0. The van der Waals surface area contributed by atoms with Gasteiger partial charge in [-0.25, -0.2) is 0 Å². The number of hydrogen-bond acceptors (Lipinski definition) is 0. The smallest absolute Gasteiger partial charge is 0.00314 e. The van der Waals surface area contributed by atoms with Gasteiger partial charge in [0.25, 0.3) is 0 Å². The summed E-state index contributed by atoms with van der Waals surface area (Å²) in [5, 5.41) is 0. The highest BCUT2D eigenvalue weighted by atomic mass is 28.1. The van der Waals surface area contributed by atoms with E-state index in [-0.39, 0.29) is 14.1 Å². The van der Waals surface area contributed by atoms with Crippen molar-refractivity contribution in [2.75, 3.05) is 0 Å². The third-order valence-electron chi connectivity index (χ3n) is 2.12. The van der Waals surface area contributed by atoms with Gasteiger partial charge in [-0.05, 0) is 5.92 Å². The minimum absolute atomic E-state index is 0. The molecule has 0 N–H and O–H groups in total. The summed E-state index contributed by atoms with van der Waals surface area (Å²) in [4.78, 5) is 0. The molecule has 0 aromatic carbocycles. The van der Waals surface area contributed by atoms with Gasteiger partial charge in [0.1, 0.15) is 0 Å². The molecule has 0 aliphatic heterocycles. The van der Waals surface area contributed by atoms with E-state index in [1.165, 1.54) is 42.0 Å². The second-order valence-corrected chi connectivity index (χ2v) is 3.64. The number of unbranched alkanes of at least 4 members (excludes halogenated alkanes) is 1. The van der Waals surface area contributed by atoms with Gasteiger partial charge in [0, 0.05) is 10.2 Å². The first-order valence-electron chi connectivity index (χ1n) is 4.35. The van der Waals surface area contributed by atoms with Crippen molar-refractivity contribution in [3.63, 3.8) is 0 Å². The minimum Gasteiger partial charge on any atom is -0.269 e. The summed E-state index contributed by atoms with van der Waals surface area (Å²) < 4.78 is 0. The van der Waals surface area contributed by atoms with Crippen LogP contribution in [0.1, 0.15) is 39.5 Å². The van der Waals surface area contributed by atoms with E-state index < -0.39 is 0 Å². The molecule has 0 nitrogen and oxygen atoms in total. The Hall–Kier alpha value is 0.00688. The Labute approximate surface area is 76.7 Å². The van der Waals surface area contributed by atoms with Crippen molar-refractivity contribution >= 4 is 10.2 Å². The van der Waals surface area contributed by atoms with Crippen molar-refractivity contribution in [1.82, 2.24) is 0 Å². The van der Waals surface area contributed by atoms with Crippen LogP contribution in [-0.2, 0) is 0 Å². The summed E-state index contributed by atoms with van der Waals surface area (Å²) in [6.45, 7) is 4.60. The second kappa shape index (κ2) is 17.2. The molecule has 0 fully saturated rings. The van der Waals surface area contributed by atoms with Crippen molar-refractivity contribution in [2.24, 2.45) is 5.92 Å². The third-order valence-corrected chi connectivity index (χ3v) is 3.28. The maximum Gasteiger partial charge on any atom is 0.00314 e. The Morgan fingerprint density at radius 2 is 1.58 bits per heavy atom. The van der Waals surface area contributed by atoms with Crippen LogP contribution in [0.3, 0.4) is 0 Å². The van der Waals surface area contributed by atoms with Crippen molar-refractivity contribution < 1.29 is 14.1 Å². The SMILES string of the molecule is CCCCC(CC)C[SiH3].F.F.F. The zero-order chi connectivity index (χ0) is 7.11. The average Bonchev–Trinajstić information content (AvgIpc) is 1.91. The van der Waals surface area contributed by atoms with Crippen LogP contribution in [-0.4, -0.2) is 10.2 Å². The topological polar surface area (TPSA) is 0 Å². The van der Waals surface area contributed by atoms with E-state index in [0.29, 0.717) is 0 Å². The molecule has 12 heavy (non-hydrogen) atoms. The predicted octanol–water partition coefficient (Wildman–Crippen LogP) is 2.44. The zero-order valence-corrected chi connectivity index (χ0v) is 10.3. The molecule has 4 heteroatoms. The van der Waals surface area contributed by atoms with Crippen molar-refractivity contribution in [3.05, 3.63) is 0 Å². The molecule has 1 unspecified atom stereocenters. The highest BCUT2D eigenvalue weighted by molar-refractivity contribution is 6.08. The zero-order valence-electron chi connectivity index (χ0n) is 8.34. The van der Waals surface area contributed by atoms with E-state index in [9.17, 15) is 0 Å². The van der Waals surface area contributed by atoms with Crippen LogP contribution in [0.25, 0.3) is 0 Å². The van der Waals surface area contributed by atoms with Crippen LogP contribution in [0.5, 0.6) is 0 Å². The molecule has 0 saturated heterocycles. The summed E-state index contributed by atoms with van der Waals surface area (Å²) in [5.74, 6) is 1.07. The normalized spacial score (nSPS) is 10.5. The summed E-state index contributed by atoms with van der Waals surface area (Å²) in [6, 6.07) is 1.51. The van der Waals surface area contributed by atoms with Crippen molar-refractivity contribution in [2.45, 2.75) is 45.6 Å². The molecule has 80 valence electrons. The molecule has 0 aromatic heterocycles. The fraction of sp³-hybridized carbons (Fsp3) is 1.00. The fourth-order valence-corrected chi connectivity index (χ4v) is 2.18. The molecule has 0 aromatic rings. The fourth-order valence-electron chi connectivity index (χ4n) is 1.19. The Morgan fingerprint density at radius 1 is 1.08 bits per heavy atom. The largest absolute Gasteiger partial charge is 0.269 e. The van der Waals surface area contributed by atoms with Crippen LogP contribution in [0.15, 0.2) is 0 Å². The molecule has 0 rings (SSSR count). The van der Waals surface area contributed by atoms with Gasteiger partial charge in [-0.1, -0.05) is 45.6 Å². The van der Waals surface area contributed by atoms with E-state index in [0.717, 1.165) is 5.92 Å². The predicted molar refractivity (Wildman–Crippen MR) is 55.6 cm³/mol. The van der Waals surface area contributed by atoms with Crippen LogP contribution < -0.4 is 0 Å². The molecule has 0 bridgehead atoms. The van der Waals surface area contributed by atoms with Gasteiger partial charge < -0.3 is 0 Å². The van der Waals surface area contributed by atoms with E-state index >= 15 is 0 Å². The second-order valence-electron chi connectivity index (χ2n) is 2.82. The van der Waals surface area contributed by atoms with Crippen molar-refractivity contribution in [3.8, 4) is 0 Å². The molecule has 0 amide bonds. The van der Waals surface area contributed by atoms with Gasteiger partial charge >= 0.3 is 0 Å². The Bertz CT molecular complexity index is 58.3. The maximum atomic E-state index is 2.32. The highest BCUT2D eigenvalue weighted by Gasteiger charge is 2.00. The molecule has 0 radical (unpaired) electrons. The summed E-state index contributed by atoms with van der Waals surface area (Å²) >= 11 is 0. The molecule has 1 atom stereocenters. The maximum absolute atomic E-state index is 2.32. The summed E-state index contributed by atoms with van der Waals surface area (Å²) in [6.07, 6.45) is 5.71. The van der Waals surface area contributed by atoms with Gasteiger partial charge in [-0.15, -0.1) is 0 Å². The standard InChI is InChI=1S/C8H20Si.3FH/c1-3-5-6-8(4-2)7-9;;;/h8H,3-7H2,1-2,9H3;3*1H. The lowest BCUT2D eigenvalue weighted by molar-refractivity contribution is 0.492. The average molecular weight is 204 g/mol. The first kappa shape index (κ1) is 22.7. The Kier molecular flexibility index (Phi) is 32.5. The Morgan fingerprint density at radius 3 is 1.83 bits per heavy atom. The molecule has 0 saturated carbocycles. The molecule has 0 aliphatic carbocycles. The summed E-state index contributed by atoms with van der Waals surface area (Å²) in [5.41, 5.74) is 0. The lowest BCUT2D eigenvalue weighted by Gasteiger charge is -2.09. The van der Waals surface area contributed by atoms with Gasteiger partial charge in [0.15, 0.2) is 0 Å². The summed E-state index contributed by atoms with van der Waals surface area (Å²) in [7, 11) is 1.40. The number of rotatable bonds is 5. The van der Waals surface area contributed by atoms with Crippen LogP contribution in [0, 0.1) is 5.92 Å². The van der Waals surface area contributed by atoms with Crippen LogP contribution >= 0.6 is 0 Å². The third kappa shape index (κ3) is 12.7. The molecular formula is C8H23F3Si. The lowest BCUT2D eigenvalue weighted by atomic mass is 10.0. The number of hydrogen-bond donors (Lipinski definition) is 0. The van der Waals surface area contributed by atoms with Crippen LogP contribution in [0.4, 0.5) is 14.1 Å². The first-order valence-corrected chi connectivity index (χ1v) is 5.76. The van der Waals surface area contributed by atoms with Gasteiger partial charge in [-0.3, -0.25) is 14.1 Å². The molecular weight excluding hydrogens is 181 g/mol. The van der Waals surface area contributed by atoms with E-state index in [2.05, 4.69) is 13.8 Å². The molecule has 0 spiro atoms.